The number of benzene rings is 1. The lowest BCUT2D eigenvalue weighted by Crippen LogP contribution is -2.46. The molecule has 0 saturated heterocycles. The van der Waals surface area contributed by atoms with Crippen LogP contribution in [0.15, 0.2) is 18.2 Å². The van der Waals surface area contributed by atoms with Gasteiger partial charge in [0.1, 0.15) is 17.3 Å². The second-order valence-corrected chi connectivity index (χ2v) is 6.27. The molecule has 0 aliphatic rings. The SMILES string of the molecule is COc1cccc2sc(NC(=O)C(NC(C)=O)C(C)C)nc12. The number of ether oxygens (including phenoxy) is 1. The lowest BCUT2D eigenvalue weighted by molar-refractivity contribution is -0.126. The van der Waals surface area contributed by atoms with Crippen LogP contribution in [0.1, 0.15) is 20.8 Å². The lowest BCUT2D eigenvalue weighted by atomic mass is 10.0. The van der Waals surface area contributed by atoms with Crippen LogP contribution in [-0.4, -0.2) is 29.9 Å². The first-order chi connectivity index (χ1) is 10.4. The molecule has 1 aromatic carbocycles. The number of nitrogens with zero attached hydrogens (tertiary/aromatic N) is 1. The van der Waals surface area contributed by atoms with Crippen LogP contribution in [0.2, 0.25) is 0 Å². The first-order valence-corrected chi connectivity index (χ1v) is 7.75. The Kier molecular flexibility index (Phi) is 4.97. The van der Waals surface area contributed by atoms with E-state index in [0.29, 0.717) is 16.4 Å². The molecule has 0 fully saturated rings. The van der Waals surface area contributed by atoms with Gasteiger partial charge < -0.3 is 15.4 Å². The lowest BCUT2D eigenvalue weighted by Gasteiger charge is -2.20. The quantitative estimate of drug-likeness (QED) is 0.886. The Bertz CT molecular complexity index is 696. The zero-order chi connectivity index (χ0) is 16.3. The van der Waals surface area contributed by atoms with E-state index < -0.39 is 6.04 Å². The van der Waals surface area contributed by atoms with Crippen molar-refractivity contribution in [3.63, 3.8) is 0 Å². The Labute approximate surface area is 132 Å². The van der Waals surface area contributed by atoms with E-state index in [0.717, 1.165) is 4.70 Å². The molecule has 1 atom stereocenters. The van der Waals surface area contributed by atoms with Crippen molar-refractivity contribution in [3.8, 4) is 5.75 Å². The Morgan fingerprint density at radius 2 is 2.05 bits per heavy atom. The van der Waals surface area contributed by atoms with Gasteiger partial charge in [0.25, 0.3) is 0 Å². The molecule has 22 heavy (non-hydrogen) atoms. The van der Waals surface area contributed by atoms with E-state index in [-0.39, 0.29) is 17.7 Å². The standard InChI is InChI=1S/C15H19N3O3S/c1-8(2)12(16-9(3)19)14(20)18-15-17-13-10(21-4)6-5-7-11(13)22-15/h5-8,12H,1-4H3,(H,16,19)(H,17,18,20). The van der Waals surface area contributed by atoms with Gasteiger partial charge in [-0.05, 0) is 18.1 Å². The number of hydrogen-bond donors (Lipinski definition) is 2. The van der Waals surface area contributed by atoms with Gasteiger partial charge >= 0.3 is 0 Å². The van der Waals surface area contributed by atoms with Crippen LogP contribution >= 0.6 is 11.3 Å². The van der Waals surface area contributed by atoms with E-state index in [4.69, 9.17) is 4.74 Å². The third kappa shape index (κ3) is 3.54. The number of methoxy groups -OCH3 is 1. The molecule has 0 bridgehead atoms. The molecule has 0 radical (unpaired) electrons. The second-order valence-electron chi connectivity index (χ2n) is 5.24. The summed E-state index contributed by atoms with van der Waals surface area (Å²) in [5.41, 5.74) is 0.714. The highest BCUT2D eigenvalue weighted by Gasteiger charge is 2.24. The van der Waals surface area contributed by atoms with Crippen molar-refractivity contribution in [2.24, 2.45) is 5.92 Å². The fourth-order valence-corrected chi connectivity index (χ4v) is 2.96. The molecule has 2 amide bonds. The maximum Gasteiger partial charge on any atom is 0.248 e. The Hall–Kier alpha value is -2.15. The van der Waals surface area contributed by atoms with E-state index in [1.54, 1.807) is 7.11 Å². The third-order valence-electron chi connectivity index (χ3n) is 3.14. The summed E-state index contributed by atoms with van der Waals surface area (Å²) in [6.45, 7) is 5.15. The minimum atomic E-state index is -0.591. The summed E-state index contributed by atoms with van der Waals surface area (Å²) in [6, 6.07) is 5.02. The summed E-state index contributed by atoms with van der Waals surface area (Å²) < 4.78 is 6.18. The van der Waals surface area contributed by atoms with Gasteiger partial charge in [0.2, 0.25) is 11.8 Å². The third-order valence-corrected chi connectivity index (χ3v) is 4.08. The largest absolute Gasteiger partial charge is 0.494 e. The van der Waals surface area contributed by atoms with Crippen LogP contribution in [-0.2, 0) is 9.59 Å². The number of para-hydroxylation sites is 1. The summed E-state index contributed by atoms with van der Waals surface area (Å²) in [4.78, 5) is 27.9. The van der Waals surface area contributed by atoms with Gasteiger partial charge in [-0.3, -0.25) is 9.59 Å². The van der Waals surface area contributed by atoms with E-state index >= 15 is 0 Å². The minimum Gasteiger partial charge on any atom is -0.494 e. The van der Waals surface area contributed by atoms with Crippen molar-refractivity contribution < 1.29 is 14.3 Å². The van der Waals surface area contributed by atoms with Gasteiger partial charge in [0, 0.05) is 6.92 Å². The molecule has 1 aromatic heterocycles. The van der Waals surface area contributed by atoms with Gasteiger partial charge in [-0.2, -0.15) is 0 Å². The topological polar surface area (TPSA) is 80.3 Å². The monoisotopic (exact) mass is 321 g/mol. The number of rotatable bonds is 5. The van der Waals surface area contributed by atoms with E-state index in [1.165, 1.54) is 18.3 Å². The number of amides is 2. The molecule has 2 aromatic rings. The van der Waals surface area contributed by atoms with Gasteiger partial charge in [0.05, 0.1) is 11.8 Å². The summed E-state index contributed by atoms with van der Waals surface area (Å²) in [7, 11) is 1.58. The maximum absolute atomic E-state index is 12.3. The highest BCUT2D eigenvalue weighted by atomic mass is 32.1. The number of hydrogen-bond acceptors (Lipinski definition) is 5. The smallest absolute Gasteiger partial charge is 0.248 e. The van der Waals surface area contributed by atoms with Gasteiger partial charge in [-0.15, -0.1) is 0 Å². The Morgan fingerprint density at radius 1 is 1.32 bits per heavy atom. The van der Waals surface area contributed by atoms with Crippen LogP contribution < -0.4 is 15.4 Å². The van der Waals surface area contributed by atoms with E-state index in [1.807, 2.05) is 32.0 Å². The molecule has 6 nitrogen and oxygen atoms in total. The Morgan fingerprint density at radius 3 is 2.64 bits per heavy atom. The van der Waals surface area contributed by atoms with Gasteiger partial charge in [0.15, 0.2) is 5.13 Å². The highest BCUT2D eigenvalue weighted by molar-refractivity contribution is 7.22. The summed E-state index contributed by atoms with van der Waals surface area (Å²) in [6.07, 6.45) is 0. The molecule has 7 heteroatoms. The number of carbonyl (C=O) groups is 2. The number of anilines is 1. The zero-order valence-electron chi connectivity index (χ0n) is 13.0. The average Bonchev–Trinajstić information content (AvgIpc) is 2.86. The highest BCUT2D eigenvalue weighted by Crippen LogP contribution is 2.32. The molecule has 0 aliphatic heterocycles. The van der Waals surface area contributed by atoms with Gasteiger partial charge in [-0.1, -0.05) is 31.3 Å². The van der Waals surface area contributed by atoms with Crippen LogP contribution in [0.4, 0.5) is 5.13 Å². The summed E-state index contributed by atoms with van der Waals surface area (Å²) >= 11 is 1.37. The molecular formula is C15H19N3O3S. The second kappa shape index (κ2) is 6.74. The first-order valence-electron chi connectivity index (χ1n) is 6.94. The molecule has 0 saturated carbocycles. The van der Waals surface area contributed by atoms with E-state index in [9.17, 15) is 9.59 Å². The Balaban J connectivity index is 2.22. The normalized spacial score (nSPS) is 12.2. The van der Waals surface area contributed by atoms with Crippen LogP contribution in [0.3, 0.4) is 0 Å². The fourth-order valence-electron chi connectivity index (χ4n) is 2.08. The molecule has 2 rings (SSSR count). The minimum absolute atomic E-state index is 0.0205. The van der Waals surface area contributed by atoms with Crippen LogP contribution in [0.5, 0.6) is 5.75 Å². The maximum atomic E-state index is 12.3. The molecule has 1 unspecified atom stereocenters. The first kappa shape index (κ1) is 16.2. The van der Waals surface area contributed by atoms with Crippen molar-refractivity contribution in [1.29, 1.82) is 0 Å². The number of carbonyl (C=O) groups excluding carboxylic acids is 2. The zero-order valence-corrected chi connectivity index (χ0v) is 13.8. The number of thiazole rings is 1. The number of fused-ring (bicyclic) bond motifs is 1. The number of nitrogens with one attached hydrogen (secondary N) is 2. The van der Waals surface area contributed by atoms with Crippen LogP contribution in [0, 0.1) is 5.92 Å². The van der Waals surface area contributed by atoms with Crippen molar-refractivity contribution in [3.05, 3.63) is 18.2 Å². The van der Waals surface area contributed by atoms with Crippen molar-refractivity contribution in [1.82, 2.24) is 10.3 Å². The predicted molar refractivity (Wildman–Crippen MR) is 87.2 cm³/mol. The predicted octanol–water partition coefficient (Wildman–Crippen LogP) is 2.40. The van der Waals surface area contributed by atoms with Gasteiger partial charge in [-0.25, -0.2) is 4.98 Å². The molecule has 1 heterocycles. The molecule has 0 aliphatic carbocycles. The molecule has 2 N–H and O–H groups in total. The molecule has 0 spiro atoms. The average molecular weight is 321 g/mol. The molecule has 118 valence electrons. The van der Waals surface area contributed by atoms with Crippen molar-refractivity contribution in [2.75, 3.05) is 12.4 Å². The summed E-state index contributed by atoms with van der Waals surface area (Å²) in [5, 5.41) is 5.91. The van der Waals surface area contributed by atoms with E-state index in [2.05, 4.69) is 15.6 Å². The van der Waals surface area contributed by atoms with Crippen molar-refractivity contribution in [2.45, 2.75) is 26.8 Å². The summed E-state index contributed by atoms with van der Waals surface area (Å²) in [5.74, 6) is 0.132. The van der Waals surface area contributed by atoms with Crippen LogP contribution in [0.25, 0.3) is 10.2 Å². The number of aromatic nitrogens is 1. The molecular weight excluding hydrogens is 302 g/mol. The fraction of sp³-hybridized carbons (Fsp3) is 0.400. The van der Waals surface area contributed by atoms with Crippen molar-refractivity contribution >= 4 is 38.5 Å².